The van der Waals surface area contributed by atoms with Gasteiger partial charge in [0.15, 0.2) is 0 Å². The van der Waals surface area contributed by atoms with E-state index in [4.69, 9.17) is 0 Å². The van der Waals surface area contributed by atoms with Crippen LogP contribution in [0.25, 0.3) is 0 Å². The van der Waals surface area contributed by atoms with Gasteiger partial charge in [-0.2, -0.15) is 0 Å². The van der Waals surface area contributed by atoms with E-state index < -0.39 is 28.4 Å². The zero-order chi connectivity index (χ0) is 15.2. The first-order valence-electron chi connectivity index (χ1n) is 7.73. The smallest absolute Gasteiger partial charge is 1.00 e. The van der Waals surface area contributed by atoms with Gasteiger partial charge in [-0.05, 0) is 0 Å². The number of rotatable bonds is 2. The predicted octanol–water partition coefficient (Wildman–Crippen LogP) is -0.396. The van der Waals surface area contributed by atoms with Crippen molar-refractivity contribution in [1.82, 2.24) is 0 Å². The second-order valence-electron chi connectivity index (χ2n) is 6.73. The van der Waals surface area contributed by atoms with Crippen LogP contribution >= 0.6 is 0 Å². The Balaban J connectivity index is 0.00000220. The van der Waals surface area contributed by atoms with Crippen LogP contribution in [0.2, 0.25) is 11.5 Å². The minimum Gasteiger partial charge on any atom is -1.00 e. The van der Waals surface area contributed by atoms with Gasteiger partial charge < -0.3 is 24.8 Å². The van der Waals surface area contributed by atoms with Gasteiger partial charge in [-0.15, -0.1) is 0 Å². The molecule has 0 aromatic carbocycles. The number of hydrogen-bond acceptors (Lipinski definition) is 0. The molecule has 0 nitrogen and oxygen atoms in total. The molecule has 0 amide bonds. The standard InChI is InChI=1S/2C8H11.C2H6Ge.2ClH.Hf/c2*1-6-4-7(2)8(3)5-6;1-3-2;;;/h2*4,6H,1-3H3;1-2H3;2*1H;/q;;;;;+2/p-2. The number of hydrogen-bond donors (Lipinski definition) is 0. The Hall–Kier alpha value is 0.953. The van der Waals surface area contributed by atoms with Gasteiger partial charge in [-0.3, -0.25) is 0 Å². The van der Waals surface area contributed by atoms with E-state index in [1.165, 1.54) is 0 Å². The van der Waals surface area contributed by atoms with Gasteiger partial charge in [0, 0.05) is 0 Å². The molecule has 22 heavy (non-hydrogen) atoms. The summed E-state index contributed by atoms with van der Waals surface area (Å²) in [6.07, 6.45) is 5.04. The van der Waals surface area contributed by atoms with Crippen LogP contribution < -0.4 is 24.8 Å². The molecule has 0 heterocycles. The van der Waals surface area contributed by atoms with Crippen molar-refractivity contribution in [2.24, 2.45) is 11.8 Å². The summed E-state index contributed by atoms with van der Waals surface area (Å²) >= 11 is -1.79. The zero-order valence-electron chi connectivity index (χ0n) is 15.1. The summed E-state index contributed by atoms with van der Waals surface area (Å²) in [5.41, 5.74) is 6.46. The summed E-state index contributed by atoms with van der Waals surface area (Å²) in [6, 6.07) is 0. The van der Waals surface area contributed by atoms with E-state index in [9.17, 15) is 0 Å². The average Bonchev–Trinajstić information content (AvgIpc) is 2.72. The molecule has 0 saturated heterocycles. The van der Waals surface area contributed by atoms with Gasteiger partial charge in [0.1, 0.15) is 0 Å². The maximum atomic E-state index is 2.64. The van der Waals surface area contributed by atoms with Crippen LogP contribution in [0.4, 0.5) is 0 Å². The van der Waals surface area contributed by atoms with E-state index in [1.54, 1.807) is 22.3 Å². The molecule has 0 N–H and O–H groups in total. The Kier molecular flexibility index (Phi) is 9.26. The van der Waals surface area contributed by atoms with Crippen LogP contribution in [0.15, 0.2) is 41.1 Å². The molecular formula is C18H28Cl2GeHf. The maximum Gasteiger partial charge on any atom is -1.00 e. The Morgan fingerprint density at radius 3 is 1.27 bits per heavy atom. The fraction of sp³-hybridized carbons (Fsp3) is 0.556. The van der Waals surface area contributed by atoms with Crippen LogP contribution in [-0.4, -0.2) is 10.1 Å². The molecular weight excluding hydrogens is 538 g/mol. The van der Waals surface area contributed by atoms with E-state index >= 15 is 0 Å². The van der Waals surface area contributed by atoms with Crippen molar-refractivity contribution in [3.8, 4) is 0 Å². The van der Waals surface area contributed by atoms with Gasteiger partial charge >= 0.3 is 134 Å². The molecule has 122 valence electrons. The second-order valence-corrected chi connectivity index (χ2v) is 44.7. The van der Waals surface area contributed by atoms with E-state index in [2.05, 4.69) is 65.2 Å². The molecule has 0 radical (unpaired) electrons. The molecule has 2 atom stereocenters. The SMILES string of the molecule is CC1=CC(C)[C]([Hf+2]([C]2=C(C)C(C)=CC2C)=[Ge]([CH3])[CH3])=C1C.[Cl-].[Cl-]. The van der Waals surface area contributed by atoms with Crippen LogP contribution in [0.1, 0.15) is 41.5 Å². The molecule has 0 saturated carbocycles. The quantitative estimate of drug-likeness (QED) is 0.400. The Morgan fingerprint density at radius 1 is 0.773 bits per heavy atom. The van der Waals surface area contributed by atoms with Crippen molar-refractivity contribution in [2.45, 2.75) is 53.1 Å². The first kappa shape index (κ1) is 23.0. The van der Waals surface area contributed by atoms with Gasteiger partial charge in [0.25, 0.3) is 0 Å². The topological polar surface area (TPSA) is 0 Å². The molecule has 2 rings (SSSR count). The van der Waals surface area contributed by atoms with Crippen molar-refractivity contribution in [1.29, 1.82) is 0 Å². The molecule has 2 aliphatic rings. The molecule has 0 aliphatic heterocycles. The van der Waals surface area contributed by atoms with E-state index in [1.807, 2.05) is 6.66 Å². The molecule has 0 aromatic heterocycles. The van der Waals surface area contributed by atoms with Gasteiger partial charge in [0.2, 0.25) is 0 Å². The van der Waals surface area contributed by atoms with E-state index in [0.29, 0.717) is 0 Å². The largest absolute Gasteiger partial charge is 1.00 e. The number of allylic oxidation sites excluding steroid dienone is 8. The van der Waals surface area contributed by atoms with Crippen molar-refractivity contribution in [2.75, 3.05) is 0 Å². The minimum atomic E-state index is -1.79. The minimum absolute atomic E-state index is 0. The Bertz CT molecular complexity index is 569. The van der Waals surface area contributed by atoms with Crippen molar-refractivity contribution in [3.05, 3.63) is 41.1 Å². The molecule has 0 aromatic rings. The summed E-state index contributed by atoms with van der Waals surface area (Å²) in [5, 5.41) is 0. The predicted molar refractivity (Wildman–Crippen MR) is 88.7 cm³/mol. The van der Waals surface area contributed by atoms with Crippen molar-refractivity contribution >= 4 is 10.1 Å². The summed E-state index contributed by atoms with van der Waals surface area (Å²) in [4.78, 5) is 0. The third-order valence-electron chi connectivity index (χ3n) is 4.94. The van der Waals surface area contributed by atoms with Gasteiger partial charge in [-0.1, -0.05) is 0 Å². The fourth-order valence-corrected chi connectivity index (χ4v) is 49.4. The molecule has 4 heteroatoms. The normalized spacial score (nSPS) is 23.4. The molecule has 0 fully saturated rings. The summed E-state index contributed by atoms with van der Waals surface area (Å²) < 4.78 is 3.91. The molecule has 2 aliphatic carbocycles. The fourth-order valence-electron chi connectivity index (χ4n) is 3.79. The van der Waals surface area contributed by atoms with Crippen LogP contribution in [0.3, 0.4) is 0 Å². The van der Waals surface area contributed by atoms with E-state index in [0.717, 1.165) is 11.8 Å². The number of halogens is 2. The van der Waals surface area contributed by atoms with Gasteiger partial charge in [-0.25, -0.2) is 0 Å². The van der Waals surface area contributed by atoms with Crippen LogP contribution in [-0.2, 0) is 18.3 Å². The third-order valence-corrected chi connectivity index (χ3v) is 44.8. The summed E-state index contributed by atoms with van der Waals surface area (Å²) in [6.45, 7) is 14.3. The van der Waals surface area contributed by atoms with Crippen LogP contribution in [0, 0.1) is 11.8 Å². The summed E-state index contributed by atoms with van der Waals surface area (Å²) in [5.74, 6) is 6.74. The first-order chi connectivity index (χ1) is 9.25. The average molecular weight is 566 g/mol. The van der Waals surface area contributed by atoms with Crippen molar-refractivity contribution < 1.29 is 43.2 Å². The first-order valence-corrected chi connectivity index (χ1v) is 25.9. The molecule has 2 unspecified atom stereocenters. The van der Waals surface area contributed by atoms with Gasteiger partial charge in [0.05, 0.1) is 0 Å². The van der Waals surface area contributed by atoms with Crippen LogP contribution in [0.5, 0.6) is 0 Å². The molecule has 0 bridgehead atoms. The maximum absolute atomic E-state index is 2.64. The van der Waals surface area contributed by atoms with E-state index in [-0.39, 0.29) is 24.8 Å². The monoisotopic (exact) mass is 568 g/mol. The van der Waals surface area contributed by atoms with Crippen molar-refractivity contribution in [3.63, 3.8) is 0 Å². The Labute approximate surface area is 158 Å². The Morgan fingerprint density at radius 2 is 1.09 bits per heavy atom. The second kappa shape index (κ2) is 8.88. The third kappa shape index (κ3) is 4.13. The zero-order valence-corrected chi connectivity index (χ0v) is 22.3. The molecule has 0 spiro atoms. The summed E-state index contributed by atoms with van der Waals surface area (Å²) in [7, 11) is -0.858.